The van der Waals surface area contributed by atoms with Crippen LogP contribution in [-0.2, 0) is 16.0 Å². The zero-order valence-electron chi connectivity index (χ0n) is 10.6. The van der Waals surface area contributed by atoms with Crippen molar-refractivity contribution in [1.29, 1.82) is 0 Å². The predicted octanol–water partition coefficient (Wildman–Crippen LogP) is 3.88. The van der Waals surface area contributed by atoms with Gasteiger partial charge in [-0.1, -0.05) is 11.6 Å². The molecule has 0 radical (unpaired) electrons. The summed E-state index contributed by atoms with van der Waals surface area (Å²) < 4.78 is 7.65. The van der Waals surface area contributed by atoms with E-state index in [2.05, 4.69) is 4.98 Å². The lowest BCUT2D eigenvalue weighted by Gasteiger charge is -2.00. The molecule has 0 spiro atoms. The molecule has 4 nitrogen and oxygen atoms in total. The molecule has 0 atom stereocenters. The molecule has 0 aliphatic rings. The van der Waals surface area contributed by atoms with Gasteiger partial charge in [-0.05, 0) is 13.0 Å². The zero-order valence-corrected chi connectivity index (χ0v) is 13.0. The Kier molecular flexibility index (Phi) is 3.78. The Morgan fingerprint density at radius 2 is 2.30 bits per heavy atom. The number of thiazole rings is 1. The molecule has 0 aliphatic carbocycles. The normalized spacial score (nSPS) is 11.1. The van der Waals surface area contributed by atoms with Gasteiger partial charge < -0.3 is 4.74 Å². The van der Waals surface area contributed by atoms with Crippen LogP contribution in [0.15, 0.2) is 23.0 Å². The van der Waals surface area contributed by atoms with E-state index >= 15 is 0 Å². The molecule has 3 aromatic heterocycles. The third-order valence-electron chi connectivity index (χ3n) is 2.78. The van der Waals surface area contributed by atoms with Crippen LogP contribution in [0.2, 0.25) is 4.34 Å². The van der Waals surface area contributed by atoms with Gasteiger partial charge in [0, 0.05) is 28.2 Å². The minimum Gasteiger partial charge on any atom is -0.466 e. The molecule has 0 amide bonds. The van der Waals surface area contributed by atoms with Crippen LogP contribution in [0.3, 0.4) is 0 Å². The Morgan fingerprint density at radius 1 is 1.45 bits per heavy atom. The maximum absolute atomic E-state index is 11.6. The third-order valence-corrected chi connectivity index (χ3v) is 4.76. The maximum atomic E-state index is 11.6. The average molecular weight is 327 g/mol. The van der Waals surface area contributed by atoms with Gasteiger partial charge in [0.1, 0.15) is 0 Å². The first-order valence-corrected chi connectivity index (χ1v) is 8.16. The highest BCUT2D eigenvalue weighted by Gasteiger charge is 2.13. The van der Waals surface area contributed by atoms with E-state index in [1.54, 1.807) is 6.92 Å². The third kappa shape index (κ3) is 2.59. The van der Waals surface area contributed by atoms with E-state index < -0.39 is 0 Å². The number of nitrogens with zero attached hydrogens (tertiary/aromatic N) is 2. The second-order valence-electron chi connectivity index (χ2n) is 4.13. The van der Waals surface area contributed by atoms with Gasteiger partial charge in [0.25, 0.3) is 0 Å². The molecular formula is C13H11ClN2O2S2. The fraction of sp³-hybridized carbons (Fsp3) is 0.231. The van der Waals surface area contributed by atoms with Crippen molar-refractivity contribution < 1.29 is 9.53 Å². The second kappa shape index (κ2) is 5.55. The largest absolute Gasteiger partial charge is 0.466 e. The molecule has 0 saturated carbocycles. The van der Waals surface area contributed by atoms with Gasteiger partial charge in [-0.15, -0.1) is 22.7 Å². The first-order valence-electron chi connectivity index (χ1n) is 6.03. The highest BCUT2D eigenvalue weighted by atomic mass is 35.5. The van der Waals surface area contributed by atoms with Crippen LogP contribution in [0.5, 0.6) is 0 Å². The van der Waals surface area contributed by atoms with E-state index in [0.717, 1.165) is 26.2 Å². The van der Waals surface area contributed by atoms with Gasteiger partial charge in [0.2, 0.25) is 0 Å². The van der Waals surface area contributed by atoms with Gasteiger partial charge in [-0.25, -0.2) is 4.98 Å². The van der Waals surface area contributed by atoms with E-state index in [0.29, 0.717) is 6.61 Å². The summed E-state index contributed by atoms with van der Waals surface area (Å²) in [6.07, 6.45) is 2.19. The Bertz CT molecular complexity index is 759. The van der Waals surface area contributed by atoms with Gasteiger partial charge in [0.15, 0.2) is 4.96 Å². The lowest BCUT2D eigenvalue weighted by atomic mass is 10.3. The van der Waals surface area contributed by atoms with Gasteiger partial charge in [-0.2, -0.15) is 0 Å². The Morgan fingerprint density at radius 3 is 3.00 bits per heavy atom. The number of thiophene rings is 1. The van der Waals surface area contributed by atoms with Crippen molar-refractivity contribution >= 4 is 45.2 Å². The van der Waals surface area contributed by atoms with Crippen molar-refractivity contribution in [3.8, 4) is 11.3 Å². The summed E-state index contributed by atoms with van der Waals surface area (Å²) in [6, 6.07) is 1.89. The predicted molar refractivity (Wildman–Crippen MR) is 81.7 cm³/mol. The first-order chi connectivity index (χ1) is 9.67. The van der Waals surface area contributed by atoms with Crippen LogP contribution < -0.4 is 0 Å². The lowest BCUT2D eigenvalue weighted by molar-refractivity contribution is -0.142. The molecule has 104 valence electrons. The zero-order chi connectivity index (χ0) is 14.1. The van der Waals surface area contributed by atoms with Gasteiger partial charge >= 0.3 is 5.97 Å². The number of fused-ring (bicyclic) bond motifs is 1. The minimum atomic E-state index is -0.221. The first kappa shape index (κ1) is 13.6. The molecule has 0 fully saturated rings. The number of rotatable bonds is 4. The summed E-state index contributed by atoms with van der Waals surface area (Å²) in [5.74, 6) is -0.221. The van der Waals surface area contributed by atoms with Gasteiger partial charge in [0.05, 0.1) is 23.1 Å². The Balaban J connectivity index is 1.92. The van der Waals surface area contributed by atoms with E-state index in [-0.39, 0.29) is 12.4 Å². The summed E-state index contributed by atoms with van der Waals surface area (Å²) >= 11 is 8.93. The molecule has 20 heavy (non-hydrogen) atoms. The fourth-order valence-electron chi connectivity index (χ4n) is 1.90. The Labute approximate surface area is 128 Å². The van der Waals surface area contributed by atoms with E-state index in [1.165, 1.54) is 22.7 Å². The van der Waals surface area contributed by atoms with Crippen molar-refractivity contribution in [2.45, 2.75) is 13.3 Å². The molecule has 0 aromatic carbocycles. The summed E-state index contributed by atoms with van der Waals surface area (Å²) in [5, 5.41) is 3.91. The van der Waals surface area contributed by atoms with Crippen LogP contribution >= 0.6 is 34.3 Å². The maximum Gasteiger partial charge on any atom is 0.311 e. The number of carbonyl (C=O) groups is 1. The molecule has 0 bridgehead atoms. The highest BCUT2D eigenvalue weighted by molar-refractivity contribution is 7.15. The van der Waals surface area contributed by atoms with Crippen LogP contribution in [0.4, 0.5) is 0 Å². The number of ether oxygens (including phenoxy) is 1. The van der Waals surface area contributed by atoms with Crippen molar-refractivity contribution in [2.24, 2.45) is 0 Å². The fourth-order valence-corrected chi connectivity index (χ4v) is 3.65. The number of halogens is 1. The number of imidazole rings is 1. The van der Waals surface area contributed by atoms with Crippen molar-refractivity contribution in [2.75, 3.05) is 6.61 Å². The molecule has 7 heteroatoms. The standard InChI is InChI=1S/C13H11ClN2O2S2/c1-2-18-12(17)4-9-7-20-13-15-10(5-16(9)13)8-3-11(14)19-6-8/h3,5-7H,2,4H2,1H3. The number of hydrogen-bond acceptors (Lipinski definition) is 5. The molecule has 0 aliphatic heterocycles. The monoisotopic (exact) mass is 326 g/mol. The number of carbonyl (C=O) groups excluding carboxylic acids is 1. The lowest BCUT2D eigenvalue weighted by Crippen LogP contribution is -2.08. The summed E-state index contributed by atoms with van der Waals surface area (Å²) in [4.78, 5) is 17.0. The smallest absolute Gasteiger partial charge is 0.311 e. The molecule has 0 saturated heterocycles. The number of esters is 1. The minimum absolute atomic E-state index is 0.221. The van der Waals surface area contributed by atoms with Crippen molar-refractivity contribution in [3.63, 3.8) is 0 Å². The number of aromatic nitrogens is 2. The molecule has 3 rings (SSSR count). The van der Waals surface area contributed by atoms with E-state index in [1.807, 2.05) is 27.4 Å². The average Bonchev–Trinajstić information content (AvgIpc) is 3.06. The molecule has 0 N–H and O–H groups in total. The highest BCUT2D eigenvalue weighted by Crippen LogP contribution is 2.29. The summed E-state index contributed by atoms with van der Waals surface area (Å²) in [6.45, 7) is 2.20. The van der Waals surface area contributed by atoms with E-state index in [4.69, 9.17) is 16.3 Å². The van der Waals surface area contributed by atoms with Crippen molar-refractivity contribution in [3.05, 3.63) is 33.1 Å². The quantitative estimate of drug-likeness (QED) is 0.683. The van der Waals surface area contributed by atoms with Crippen LogP contribution in [0.1, 0.15) is 12.6 Å². The van der Waals surface area contributed by atoms with Crippen LogP contribution in [-0.4, -0.2) is 22.0 Å². The van der Waals surface area contributed by atoms with Crippen LogP contribution in [0, 0.1) is 0 Å². The number of hydrogen-bond donors (Lipinski definition) is 0. The topological polar surface area (TPSA) is 43.6 Å². The summed E-state index contributed by atoms with van der Waals surface area (Å²) in [5.41, 5.74) is 2.76. The summed E-state index contributed by atoms with van der Waals surface area (Å²) in [7, 11) is 0. The molecule has 3 heterocycles. The SMILES string of the molecule is CCOC(=O)Cc1csc2nc(-c3csc(Cl)c3)cn12. The van der Waals surface area contributed by atoms with Crippen molar-refractivity contribution in [1.82, 2.24) is 9.38 Å². The second-order valence-corrected chi connectivity index (χ2v) is 6.51. The molecule has 3 aromatic rings. The Hall–Kier alpha value is -1.37. The van der Waals surface area contributed by atoms with Gasteiger partial charge in [-0.3, -0.25) is 9.20 Å². The molecule has 0 unspecified atom stereocenters. The molecular weight excluding hydrogens is 316 g/mol. The van der Waals surface area contributed by atoms with E-state index in [9.17, 15) is 4.79 Å². The van der Waals surface area contributed by atoms with Crippen LogP contribution in [0.25, 0.3) is 16.2 Å².